The molecule has 0 saturated carbocycles. The molecular formula is C16H18FN3O2. The SMILES string of the molecule is CCC(=O)CCN(C)c1cncc(Oc2ccc(F)cc2)n1. The fourth-order valence-corrected chi connectivity index (χ4v) is 1.78. The number of ketones is 1. The second-order valence-corrected chi connectivity index (χ2v) is 4.84. The van der Waals surface area contributed by atoms with Gasteiger partial charge in [0.25, 0.3) is 0 Å². The lowest BCUT2D eigenvalue weighted by molar-refractivity contribution is -0.118. The van der Waals surface area contributed by atoms with Gasteiger partial charge in [0.2, 0.25) is 5.88 Å². The number of halogens is 1. The van der Waals surface area contributed by atoms with E-state index in [1.54, 1.807) is 6.20 Å². The van der Waals surface area contributed by atoms with Crippen molar-refractivity contribution in [2.45, 2.75) is 19.8 Å². The number of carbonyl (C=O) groups excluding carboxylic acids is 1. The number of ether oxygens (including phenoxy) is 1. The summed E-state index contributed by atoms with van der Waals surface area (Å²) in [5.41, 5.74) is 0. The van der Waals surface area contributed by atoms with Crippen LogP contribution in [0, 0.1) is 5.82 Å². The number of aromatic nitrogens is 2. The van der Waals surface area contributed by atoms with Crippen molar-refractivity contribution in [1.29, 1.82) is 0 Å². The standard InChI is InChI=1S/C16H18FN3O2/c1-3-13(21)8-9-20(2)15-10-18-11-16(19-15)22-14-6-4-12(17)5-7-14/h4-7,10-11H,3,8-9H2,1-2H3. The largest absolute Gasteiger partial charge is 0.437 e. The molecule has 116 valence electrons. The van der Waals surface area contributed by atoms with Gasteiger partial charge in [-0.05, 0) is 24.3 Å². The minimum absolute atomic E-state index is 0.207. The average Bonchev–Trinajstić information content (AvgIpc) is 2.54. The summed E-state index contributed by atoms with van der Waals surface area (Å²) in [6.07, 6.45) is 4.09. The molecule has 0 aliphatic heterocycles. The van der Waals surface area contributed by atoms with E-state index in [1.807, 2.05) is 18.9 Å². The molecule has 1 aromatic heterocycles. The van der Waals surface area contributed by atoms with E-state index in [9.17, 15) is 9.18 Å². The molecule has 1 heterocycles. The molecular weight excluding hydrogens is 285 g/mol. The smallest absolute Gasteiger partial charge is 0.239 e. The molecule has 0 unspecified atom stereocenters. The summed E-state index contributed by atoms with van der Waals surface area (Å²) in [5, 5.41) is 0. The molecule has 0 radical (unpaired) electrons. The Hall–Kier alpha value is -2.50. The van der Waals surface area contributed by atoms with Gasteiger partial charge in [0.05, 0.1) is 12.4 Å². The number of nitrogens with zero attached hydrogens (tertiary/aromatic N) is 3. The Kier molecular flexibility index (Phi) is 5.41. The Morgan fingerprint density at radius 2 is 2.00 bits per heavy atom. The van der Waals surface area contributed by atoms with Crippen LogP contribution < -0.4 is 9.64 Å². The topological polar surface area (TPSA) is 55.3 Å². The summed E-state index contributed by atoms with van der Waals surface area (Å²) < 4.78 is 18.4. The maximum Gasteiger partial charge on any atom is 0.239 e. The summed E-state index contributed by atoms with van der Waals surface area (Å²) in [4.78, 5) is 21.6. The van der Waals surface area contributed by atoms with E-state index in [4.69, 9.17) is 4.74 Å². The van der Waals surface area contributed by atoms with E-state index in [0.717, 1.165) is 0 Å². The molecule has 0 spiro atoms. The fraction of sp³-hybridized carbons (Fsp3) is 0.312. The first-order valence-electron chi connectivity index (χ1n) is 7.06. The summed E-state index contributed by atoms with van der Waals surface area (Å²) in [6.45, 7) is 2.42. The summed E-state index contributed by atoms with van der Waals surface area (Å²) in [6, 6.07) is 5.67. The van der Waals surface area contributed by atoms with E-state index in [-0.39, 0.29) is 11.6 Å². The molecule has 2 rings (SSSR count). The molecule has 2 aromatic rings. The molecule has 0 amide bonds. The lowest BCUT2D eigenvalue weighted by Gasteiger charge is -2.17. The summed E-state index contributed by atoms with van der Waals surface area (Å²) in [7, 11) is 1.84. The van der Waals surface area contributed by atoms with Gasteiger partial charge in [0, 0.05) is 26.4 Å². The van der Waals surface area contributed by atoms with Gasteiger partial charge in [-0.1, -0.05) is 6.92 Å². The Bertz CT molecular complexity index is 632. The summed E-state index contributed by atoms with van der Waals surface area (Å²) >= 11 is 0. The molecule has 0 atom stereocenters. The predicted molar refractivity (Wildman–Crippen MR) is 81.7 cm³/mol. The molecule has 0 N–H and O–H groups in total. The number of hydrogen-bond donors (Lipinski definition) is 0. The first kappa shape index (κ1) is 15.9. The Balaban J connectivity index is 2.02. The van der Waals surface area contributed by atoms with Gasteiger partial charge in [0.1, 0.15) is 17.3 Å². The Morgan fingerprint density at radius 1 is 1.27 bits per heavy atom. The molecule has 22 heavy (non-hydrogen) atoms. The monoisotopic (exact) mass is 303 g/mol. The average molecular weight is 303 g/mol. The minimum Gasteiger partial charge on any atom is -0.437 e. The van der Waals surface area contributed by atoms with Gasteiger partial charge >= 0.3 is 0 Å². The van der Waals surface area contributed by atoms with Crippen LogP contribution in [-0.2, 0) is 4.79 Å². The van der Waals surface area contributed by atoms with Gasteiger partial charge in [-0.15, -0.1) is 0 Å². The van der Waals surface area contributed by atoms with Crippen molar-refractivity contribution in [3.05, 3.63) is 42.5 Å². The molecule has 5 nitrogen and oxygen atoms in total. The second-order valence-electron chi connectivity index (χ2n) is 4.84. The number of rotatable bonds is 7. The van der Waals surface area contributed by atoms with Crippen LogP contribution >= 0.6 is 0 Å². The number of carbonyl (C=O) groups is 1. The molecule has 0 fully saturated rings. The van der Waals surface area contributed by atoms with Crippen LogP contribution in [0.15, 0.2) is 36.7 Å². The van der Waals surface area contributed by atoms with Gasteiger partial charge in [-0.2, -0.15) is 4.98 Å². The lowest BCUT2D eigenvalue weighted by atomic mass is 10.2. The third-order valence-corrected chi connectivity index (χ3v) is 3.15. The van der Waals surface area contributed by atoms with Crippen LogP contribution in [-0.4, -0.2) is 29.3 Å². The highest BCUT2D eigenvalue weighted by Crippen LogP contribution is 2.21. The highest BCUT2D eigenvalue weighted by Gasteiger charge is 2.08. The van der Waals surface area contributed by atoms with Crippen LogP contribution in [0.5, 0.6) is 11.6 Å². The van der Waals surface area contributed by atoms with E-state index in [0.29, 0.717) is 36.8 Å². The molecule has 0 aliphatic carbocycles. The molecule has 1 aromatic carbocycles. The third-order valence-electron chi connectivity index (χ3n) is 3.15. The highest BCUT2D eigenvalue weighted by atomic mass is 19.1. The van der Waals surface area contributed by atoms with Crippen molar-refractivity contribution in [2.24, 2.45) is 0 Å². The van der Waals surface area contributed by atoms with E-state index in [1.165, 1.54) is 30.5 Å². The van der Waals surface area contributed by atoms with E-state index in [2.05, 4.69) is 9.97 Å². The quantitative estimate of drug-likeness (QED) is 0.786. The third kappa shape index (κ3) is 4.51. The number of benzene rings is 1. The van der Waals surface area contributed by atoms with Gasteiger partial charge in [0.15, 0.2) is 5.82 Å². The van der Waals surface area contributed by atoms with Crippen LogP contribution in [0.2, 0.25) is 0 Å². The van der Waals surface area contributed by atoms with E-state index >= 15 is 0 Å². The fourth-order valence-electron chi connectivity index (χ4n) is 1.78. The minimum atomic E-state index is -0.326. The zero-order valence-electron chi connectivity index (χ0n) is 12.6. The van der Waals surface area contributed by atoms with Gasteiger partial charge in [-0.3, -0.25) is 9.78 Å². The zero-order valence-corrected chi connectivity index (χ0v) is 12.6. The first-order valence-corrected chi connectivity index (χ1v) is 7.06. The molecule has 0 bridgehead atoms. The second kappa shape index (κ2) is 7.49. The predicted octanol–water partition coefficient (Wildman–Crippen LogP) is 3.21. The van der Waals surface area contributed by atoms with Crippen molar-refractivity contribution < 1.29 is 13.9 Å². The number of Topliss-reactive ketones (excluding diaryl/α,β-unsaturated/α-hetero) is 1. The van der Waals surface area contributed by atoms with Crippen molar-refractivity contribution in [1.82, 2.24) is 9.97 Å². The maximum absolute atomic E-state index is 12.9. The van der Waals surface area contributed by atoms with Gasteiger partial charge < -0.3 is 9.64 Å². The molecule has 0 aliphatic rings. The molecule has 0 saturated heterocycles. The Labute approximate surface area is 128 Å². The Morgan fingerprint density at radius 3 is 2.68 bits per heavy atom. The van der Waals surface area contributed by atoms with Crippen LogP contribution in [0.25, 0.3) is 0 Å². The van der Waals surface area contributed by atoms with Crippen molar-refractivity contribution >= 4 is 11.6 Å². The summed E-state index contributed by atoms with van der Waals surface area (Å²) in [5.74, 6) is 1.30. The lowest BCUT2D eigenvalue weighted by Crippen LogP contribution is -2.22. The van der Waals surface area contributed by atoms with Gasteiger partial charge in [-0.25, -0.2) is 4.39 Å². The normalized spacial score (nSPS) is 10.3. The van der Waals surface area contributed by atoms with Crippen molar-refractivity contribution in [3.63, 3.8) is 0 Å². The van der Waals surface area contributed by atoms with Crippen LogP contribution in [0.4, 0.5) is 10.2 Å². The van der Waals surface area contributed by atoms with Crippen molar-refractivity contribution in [3.8, 4) is 11.6 Å². The van der Waals surface area contributed by atoms with E-state index < -0.39 is 0 Å². The maximum atomic E-state index is 12.9. The molecule has 6 heteroatoms. The zero-order chi connectivity index (χ0) is 15.9. The highest BCUT2D eigenvalue weighted by molar-refractivity contribution is 5.78. The van der Waals surface area contributed by atoms with Crippen molar-refractivity contribution in [2.75, 3.05) is 18.5 Å². The number of hydrogen-bond acceptors (Lipinski definition) is 5. The van der Waals surface area contributed by atoms with Crippen LogP contribution in [0.3, 0.4) is 0 Å². The van der Waals surface area contributed by atoms with Crippen LogP contribution in [0.1, 0.15) is 19.8 Å². The number of anilines is 1. The first-order chi connectivity index (χ1) is 10.6.